The van der Waals surface area contributed by atoms with Crippen molar-refractivity contribution >= 4 is 50.3 Å². The first-order valence-electron chi connectivity index (χ1n) is 13.1. The van der Waals surface area contributed by atoms with E-state index in [4.69, 9.17) is 19.3 Å². The van der Waals surface area contributed by atoms with Gasteiger partial charge in [0.25, 0.3) is 5.91 Å². The molecule has 0 aliphatic heterocycles. The Morgan fingerprint density at radius 2 is 1.93 bits per heavy atom. The van der Waals surface area contributed by atoms with Gasteiger partial charge in [-0.2, -0.15) is 0 Å². The Balaban J connectivity index is 1.23. The summed E-state index contributed by atoms with van der Waals surface area (Å²) in [5.74, 6) is -0.654. The van der Waals surface area contributed by atoms with Crippen molar-refractivity contribution in [2.45, 2.75) is 20.0 Å². The molecule has 222 valence electrons. The van der Waals surface area contributed by atoms with Gasteiger partial charge in [0.05, 0.1) is 53.0 Å². The van der Waals surface area contributed by atoms with Crippen LogP contribution in [-0.2, 0) is 4.74 Å². The molecule has 0 radical (unpaired) electrons. The van der Waals surface area contributed by atoms with Crippen molar-refractivity contribution in [3.63, 3.8) is 0 Å². The molecule has 0 saturated heterocycles. The third kappa shape index (κ3) is 6.93. The Morgan fingerprint density at radius 1 is 1.09 bits per heavy atom. The molecule has 2 amide bonds. The van der Waals surface area contributed by atoms with Crippen molar-refractivity contribution in [1.29, 1.82) is 0 Å². The highest BCUT2D eigenvalue weighted by Gasteiger charge is 2.17. The number of carbonyl (C=O) groups is 2. The first kappa shape index (κ1) is 29.5. The highest BCUT2D eigenvalue weighted by Crippen LogP contribution is 2.37. The zero-order valence-corrected chi connectivity index (χ0v) is 24.2. The molecule has 0 aliphatic rings. The van der Waals surface area contributed by atoms with Gasteiger partial charge < -0.3 is 24.6 Å². The summed E-state index contributed by atoms with van der Waals surface area (Å²) in [5.41, 5.74) is 3.96. The molecule has 3 aromatic heterocycles. The molecule has 1 atom stereocenters. The Hall–Kier alpha value is -4.95. The number of carbonyl (C=O) groups excluding carboxylic acids is 2. The van der Waals surface area contributed by atoms with Gasteiger partial charge in [-0.15, -0.1) is 11.3 Å². The third-order valence-electron chi connectivity index (χ3n) is 6.07. The molecule has 14 heteroatoms. The van der Waals surface area contributed by atoms with Crippen molar-refractivity contribution in [3.05, 3.63) is 65.9 Å². The van der Waals surface area contributed by atoms with Crippen LogP contribution in [0.15, 0.2) is 48.8 Å². The average Bonchev–Trinajstić information content (AvgIpc) is 3.40. The Morgan fingerprint density at radius 3 is 2.67 bits per heavy atom. The lowest BCUT2D eigenvalue weighted by molar-refractivity contribution is 0.0844. The van der Waals surface area contributed by atoms with Gasteiger partial charge in [-0.25, -0.2) is 29.1 Å². The number of rotatable bonds is 10. The molecular weight excluding hydrogens is 579 g/mol. The second kappa shape index (κ2) is 12.9. The number of ether oxygens (including phenoxy) is 3. The number of fused-ring (bicyclic) bond motifs is 2. The molecule has 43 heavy (non-hydrogen) atoms. The normalized spacial score (nSPS) is 11.7. The van der Waals surface area contributed by atoms with Crippen molar-refractivity contribution < 1.29 is 33.3 Å². The molecule has 1 unspecified atom stereocenters. The number of aliphatic hydroxyl groups excluding tert-OH is 1. The van der Waals surface area contributed by atoms with Crippen LogP contribution in [-0.4, -0.2) is 70.0 Å². The summed E-state index contributed by atoms with van der Waals surface area (Å²) in [4.78, 5) is 41.7. The number of nitrogens with one attached hydrogen (secondary N) is 2. The average molecular weight is 607 g/mol. The molecule has 3 heterocycles. The Kier molecular flexibility index (Phi) is 8.87. The molecule has 12 nitrogen and oxygen atoms in total. The van der Waals surface area contributed by atoms with Crippen LogP contribution in [0.3, 0.4) is 0 Å². The number of aryl methyl sites for hydroxylation is 1. The fraction of sp³-hybridized carbons (Fsp3) is 0.241. The Bertz CT molecular complexity index is 1800. The SMILES string of the molecule is COc1cnc2c(-c3nc4cc(F)c(OCC(C)OC(=O)Nc5ccc(C(=O)NCCO)nc5)cc4s3)cc(C)cc2n1. The second-order valence-corrected chi connectivity index (χ2v) is 10.5. The maximum atomic E-state index is 14.9. The van der Waals surface area contributed by atoms with Gasteiger partial charge in [0.1, 0.15) is 23.4 Å². The first-order chi connectivity index (χ1) is 20.7. The van der Waals surface area contributed by atoms with Crippen LogP contribution in [0.4, 0.5) is 14.9 Å². The fourth-order valence-electron chi connectivity index (χ4n) is 4.10. The van der Waals surface area contributed by atoms with E-state index >= 15 is 0 Å². The molecule has 0 saturated carbocycles. The maximum absolute atomic E-state index is 14.9. The molecule has 3 N–H and O–H groups in total. The van der Waals surface area contributed by atoms with Crippen molar-refractivity contribution in [2.75, 3.05) is 32.2 Å². The van der Waals surface area contributed by atoms with E-state index in [0.29, 0.717) is 37.8 Å². The van der Waals surface area contributed by atoms with Gasteiger partial charge >= 0.3 is 6.09 Å². The number of pyridine rings is 1. The van der Waals surface area contributed by atoms with Crippen LogP contribution in [0.2, 0.25) is 0 Å². The molecule has 2 aromatic carbocycles. The molecule has 0 aliphatic carbocycles. The number of aliphatic hydroxyl groups is 1. The lowest BCUT2D eigenvalue weighted by Crippen LogP contribution is -2.27. The second-order valence-electron chi connectivity index (χ2n) is 9.43. The standard InChI is InChI=1S/C29H27FN6O6S/c1-15-8-18(26-22(9-15)35-25(40-3)13-33-26)28-36-21-10-19(30)23(11-24(21)43-28)41-14-16(2)42-29(39)34-17-4-5-20(32-12-17)27(38)31-6-7-37/h4-5,8-13,16,37H,6-7,14H2,1-3H3,(H,31,38)(H,34,39). The number of benzene rings is 2. The van der Waals surface area contributed by atoms with Gasteiger partial charge in [0.2, 0.25) is 5.88 Å². The van der Waals surface area contributed by atoms with Gasteiger partial charge in [0, 0.05) is 24.2 Å². The van der Waals surface area contributed by atoms with Crippen molar-refractivity contribution in [3.8, 4) is 22.2 Å². The monoisotopic (exact) mass is 606 g/mol. The van der Waals surface area contributed by atoms with Crippen molar-refractivity contribution in [2.24, 2.45) is 0 Å². The number of halogens is 1. The maximum Gasteiger partial charge on any atom is 0.412 e. The number of amides is 2. The predicted molar refractivity (Wildman–Crippen MR) is 158 cm³/mol. The quantitative estimate of drug-likeness (QED) is 0.207. The van der Waals surface area contributed by atoms with Crippen LogP contribution >= 0.6 is 11.3 Å². The topological polar surface area (TPSA) is 158 Å². The minimum atomic E-state index is -0.774. The summed E-state index contributed by atoms with van der Waals surface area (Å²) >= 11 is 1.37. The predicted octanol–water partition coefficient (Wildman–Crippen LogP) is 4.50. The van der Waals surface area contributed by atoms with Crippen LogP contribution < -0.4 is 20.1 Å². The van der Waals surface area contributed by atoms with E-state index in [1.54, 1.807) is 19.2 Å². The summed E-state index contributed by atoms with van der Waals surface area (Å²) in [6, 6.07) is 9.64. The highest BCUT2D eigenvalue weighted by atomic mass is 32.1. The zero-order chi connectivity index (χ0) is 30.5. The molecule has 0 spiro atoms. The molecule has 0 fully saturated rings. The molecule has 0 bridgehead atoms. The molecule has 5 rings (SSSR count). The van der Waals surface area contributed by atoms with Gasteiger partial charge in [-0.3, -0.25) is 10.1 Å². The van der Waals surface area contributed by atoms with Gasteiger partial charge in [-0.05, 0) is 43.7 Å². The summed E-state index contributed by atoms with van der Waals surface area (Å²) in [6.45, 7) is 3.36. The smallest absolute Gasteiger partial charge is 0.412 e. The summed E-state index contributed by atoms with van der Waals surface area (Å²) in [5, 5.41) is 14.4. The summed E-state index contributed by atoms with van der Waals surface area (Å²) < 4.78 is 31.8. The van der Waals surface area contributed by atoms with Gasteiger partial charge in [-0.1, -0.05) is 0 Å². The van der Waals surface area contributed by atoms with Crippen LogP contribution in [0, 0.1) is 12.7 Å². The number of hydrogen-bond donors (Lipinski definition) is 3. The van der Waals surface area contributed by atoms with E-state index in [1.165, 1.54) is 42.8 Å². The lowest BCUT2D eigenvalue weighted by atomic mass is 10.1. The number of hydrogen-bond acceptors (Lipinski definition) is 11. The van der Waals surface area contributed by atoms with E-state index in [0.717, 1.165) is 11.1 Å². The first-order valence-corrected chi connectivity index (χ1v) is 13.9. The Labute approximate surface area is 248 Å². The minimum Gasteiger partial charge on any atom is -0.487 e. The lowest BCUT2D eigenvalue weighted by Gasteiger charge is -2.15. The highest BCUT2D eigenvalue weighted by molar-refractivity contribution is 7.21. The zero-order valence-electron chi connectivity index (χ0n) is 23.4. The number of aromatic nitrogens is 4. The van der Waals surface area contributed by atoms with Crippen LogP contribution in [0.5, 0.6) is 11.6 Å². The minimum absolute atomic E-state index is 0.00329. The number of anilines is 1. The third-order valence-corrected chi connectivity index (χ3v) is 7.12. The van der Waals surface area contributed by atoms with E-state index in [1.807, 2.05) is 19.1 Å². The van der Waals surface area contributed by atoms with E-state index in [-0.39, 0.29) is 31.2 Å². The summed E-state index contributed by atoms with van der Waals surface area (Å²) in [6.07, 6.45) is 1.34. The van der Waals surface area contributed by atoms with Gasteiger partial charge in [0.15, 0.2) is 11.6 Å². The van der Waals surface area contributed by atoms with Crippen LogP contribution in [0.25, 0.3) is 31.8 Å². The number of methoxy groups -OCH3 is 1. The van der Waals surface area contributed by atoms with E-state index in [9.17, 15) is 14.0 Å². The van der Waals surface area contributed by atoms with E-state index < -0.39 is 23.9 Å². The van der Waals surface area contributed by atoms with E-state index in [2.05, 4.69) is 30.6 Å². The number of thiazole rings is 1. The molecular formula is C29H27FN6O6S. The largest absolute Gasteiger partial charge is 0.487 e. The number of nitrogens with zero attached hydrogens (tertiary/aromatic N) is 4. The fourth-order valence-corrected chi connectivity index (χ4v) is 5.09. The molecule has 5 aromatic rings. The summed E-state index contributed by atoms with van der Waals surface area (Å²) in [7, 11) is 1.53. The van der Waals surface area contributed by atoms with Crippen LogP contribution in [0.1, 0.15) is 23.0 Å². The van der Waals surface area contributed by atoms with Crippen molar-refractivity contribution in [1.82, 2.24) is 25.3 Å².